The van der Waals surface area contributed by atoms with Crippen LogP contribution in [0.3, 0.4) is 0 Å². The van der Waals surface area contributed by atoms with Crippen LogP contribution in [-0.2, 0) is 0 Å². The molecule has 0 N–H and O–H groups in total. The Hall–Kier alpha value is -7.72. The smallest absolute Gasteiger partial charge is 0.0620 e. The summed E-state index contributed by atoms with van der Waals surface area (Å²) in [5.74, 6) is 0. The fourth-order valence-electron chi connectivity index (χ4n) is 10.0. The summed E-state index contributed by atoms with van der Waals surface area (Å²) < 4.78 is 5.15. The van der Waals surface area contributed by atoms with E-state index in [0.29, 0.717) is 0 Å². The van der Waals surface area contributed by atoms with Gasteiger partial charge in [-0.1, -0.05) is 146 Å². The second-order valence-electron chi connectivity index (χ2n) is 16.0. The van der Waals surface area contributed by atoms with Gasteiger partial charge < -0.3 is 9.47 Å². The second-order valence-corrected chi connectivity index (χ2v) is 17.1. The average molecular weight is 793 g/mol. The molecule has 13 rings (SSSR count). The molecule has 0 radical (unpaired) electrons. The first-order chi connectivity index (χ1) is 30.3. The zero-order chi connectivity index (χ0) is 40.0. The van der Waals surface area contributed by atoms with E-state index in [1.807, 2.05) is 11.3 Å². The van der Waals surface area contributed by atoms with E-state index >= 15 is 0 Å². The van der Waals surface area contributed by atoms with Crippen molar-refractivity contribution in [2.45, 2.75) is 0 Å². The van der Waals surface area contributed by atoms with Crippen LogP contribution >= 0.6 is 11.3 Å². The Bertz CT molecular complexity index is 3750. The number of aromatic nitrogens is 1. The lowest BCUT2D eigenvalue weighted by molar-refractivity contribution is 1.19. The Labute approximate surface area is 356 Å². The number of hydrogen-bond acceptors (Lipinski definition) is 2. The van der Waals surface area contributed by atoms with Crippen molar-refractivity contribution in [3.63, 3.8) is 0 Å². The molecule has 3 heteroatoms. The van der Waals surface area contributed by atoms with Crippen molar-refractivity contribution in [1.29, 1.82) is 0 Å². The van der Waals surface area contributed by atoms with Crippen molar-refractivity contribution >= 4 is 103 Å². The van der Waals surface area contributed by atoms with E-state index < -0.39 is 0 Å². The van der Waals surface area contributed by atoms with E-state index in [2.05, 4.69) is 228 Å². The maximum atomic E-state index is 2.50. The number of benzene rings is 11. The highest BCUT2D eigenvalue weighted by atomic mass is 32.1. The normalized spacial score (nSPS) is 11.9. The summed E-state index contributed by atoms with van der Waals surface area (Å²) >= 11 is 1.88. The standard InChI is InChI=1S/C58H36N2S/c1-4-13-41(14-5-1)59(42-15-6-2-7-16-42)44-29-25-37(26-30-44)45-31-27-38-23-24-40-35-51-57-46(39-28-32-48-47-19-10-11-22-53(47)61-54(48)36-39)20-12-21-52(57)60(43-17-8-3-9-18-43)58(51)50-34-33-49(45)55(38)56(40)50/h1-36H. The summed E-state index contributed by atoms with van der Waals surface area (Å²) in [7, 11) is 0. The zero-order valence-electron chi connectivity index (χ0n) is 33.1. The van der Waals surface area contributed by atoms with Gasteiger partial charge in [0.1, 0.15) is 0 Å². The number of thiophene rings is 1. The lowest BCUT2D eigenvalue weighted by Crippen LogP contribution is -2.09. The van der Waals surface area contributed by atoms with Crippen LogP contribution in [0.2, 0.25) is 0 Å². The van der Waals surface area contributed by atoms with Crippen molar-refractivity contribution in [3.8, 4) is 27.9 Å². The number of fused-ring (bicyclic) bond motifs is 7. The molecule has 11 aromatic carbocycles. The van der Waals surface area contributed by atoms with Crippen LogP contribution in [0.1, 0.15) is 0 Å². The molecule has 0 aliphatic heterocycles. The number of hydrogen-bond donors (Lipinski definition) is 0. The quantitative estimate of drug-likeness (QED) is 0.152. The second kappa shape index (κ2) is 13.4. The van der Waals surface area contributed by atoms with Crippen LogP contribution < -0.4 is 4.90 Å². The van der Waals surface area contributed by atoms with Gasteiger partial charge in [0.05, 0.1) is 11.0 Å². The molecule has 61 heavy (non-hydrogen) atoms. The summed E-state index contributed by atoms with van der Waals surface area (Å²) in [5, 5.41) is 12.9. The Morgan fingerprint density at radius 2 is 0.951 bits per heavy atom. The van der Waals surface area contributed by atoms with E-state index in [4.69, 9.17) is 0 Å². The van der Waals surface area contributed by atoms with Gasteiger partial charge in [0, 0.05) is 59.1 Å². The largest absolute Gasteiger partial charge is 0.311 e. The van der Waals surface area contributed by atoms with E-state index in [9.17, 15) is 0 Å². The average Bonchev–Trinajstić information content (AvgIpc) is 3.87. The molecule has 2 heterocycles. The molecule has 0 amide bonds. The monoisotopic (exact) mass is 792 g/mol. The van der Waals surface area contributed by atoms with Crippen molar-refractivity contribution in [1.82, 2.24) is 4.57 Å². The molecule has 0 aliphatic carbocycles. The van der Waals surface area contributed by atoms with Crippen molar-refractivity contribution < 1.29 is 0 Å². The topological polar surface area (TPSA) is 8.17 Å². The first kappa shape index (κ1) is 34.2. The Kier molecular flexibility index (Phi) is 7.51. The minimum absolute atomic E-state index is 1.12. The summed E-state index contributed by atoms with van der Waals surface area (Å²) in [4.78, 5) is 2.32. The van der Waals surface area contributed by atoms with Gasteiger partial charge in [0.15, 0.2) is 0 Å². The fourth-order valence-corrected chi connectivity index (χ4v) is 11.2. The highest BCUT2D eigenvalue weighted by Crippen LogP contribution is 2.48. The van der Waals surface area contributed by atoms with Crippen molar-refractivity contribution in [3.05, 3.63) is 218 Å². The van der Waals surface area contributed by atoms with Crippen molar-refractivity contribution in [2.24, 2.45) is 0 Å². The minimum Gasteiger partial charge on any atom is -0.311 e. The molecular weight excluding hydrogens is 757 g/mol. The molecule has 2 aromatic heterocycles. The van der Waals surface area contributed by atoms with Crippen LogP contribution in [0.25, 0.3) is 102 Å². The first-order valence-corrected chi connectivity index (χ1v) is 21.7. The number of nitrogens with zero attached hydrogens (tertiary/aromatic N) is 2. The molecule has 0 saturated heterocycles. The zero-order valence-corrected chi connectivity index (χ0v) is 33.9. The summed E-state index contributed by atoms with van der Waals surface area (Å²) in [6.45, 7) is 0. The van der Waals surface area contributed by atoms with E-state index in [1.165, 1.54) is 96.5 Å². The predicted molar refractivity (Wildman–Crippen MR) is 263 cm³/mol. The highest BCUT2D eigenvalue weighted by molar-refractivity contribution is 7.25. The summed E-state index contributed by atoms with van der Waals surface area (Å²) in [6, 6.07) is 80.3. The number of para-hydroxylation sites is 3. The SMILES string of the molecule is c1ccc(N(c2ccccc2)c2ccc(-c3ccc4ccc5cc6c7c(-c8ccc9c(c8)sc8ccccc89)cccc7n(-c7ccccc7)c6c6ccc3c4c56)cc2)cc1. The van der Waals surface area contributed by atoms with Gasteiger partial charge in [0.25, 0.3) is 0 Å². The maximum Gasteiger partial charge on any atom is 0.0620 e. The van der Waals surface area contributed by atoms with E-state index in [0.717, 1.165) is 22.7 Å². The van der Waals surface area contributed by atoms with E-state index in [1.54, 1.807) is 0 Å². The minimum atomic E-state index is 1.12. The van der Waals surface area contributed by atoms with Crippen LogP contribution in [0.15, 0.2) is 218 Å². The van der Waals surface area contributed by atoms with Gasteiger partial charge in [-0.2, -0.15) is 0 Å². The fraction of sp³-hybridized carbons (Fsp3) is 0. The Balaban J connectivity index is 1.03. The third-order valence-electron chi connectivity index (χ3n) is 12.7. The van der Waals surface area contributed by atoms with E-state index in [-0.39, 0.29) is 0 Å². The van der Waals surface area contributed by atoms with Crippen LogP contribution in [0.4, 0.5) is 17.1 Å². The third kappa shape index (κ3) is 5.21. The van der Waals surface area contributed by atoms with Gasteiger partial charge in [-0.3, -0.25) is 0 Å². The maximum absolute atomic E-state index is 2.50. The number of anilines is 3. The summed E-state index contributed by atoms with van der Waals surface area (Å²) in [6.07, 6.45) is 0. The first-order valence-electron chi connectivity index (χ1n) is 20.9. The van der Waals surface area contributed by atoms with Gasteiger partial charge in [-0.05, 0) is 122 Å². The molecule has 13 aromatic rings. The molecule has 0 bridgehead atoms. The van der Waals surface area contributed by atoms with Crippen LogP contribution in [0, 0.1) is 0 Å². The lowest BCUT2D eigenvalue weighted by Gasteiger charge is -2.25. The van der Waals surface area contributed by atoms with Gasteiger partial charge in [-0.25, -0.2) is 0 Å². The number of rotatable bonds is 6. The third-order valence-corrected chi connectivity index (χ3v) is 13.8. The molecule has 0 saturated carbocycles. The molecule has 0 atom stereocenters. The Morgan fingerprint density at radius 1 is 0.344 bits per heavy atom. The van der Waals surface area contributed by atoms with Gasteiger partial charge in [-0.15, -0.1) is 11.3 Å². The molecular formula is C58H36N2S. The molecule has 2 nitrogen and oxygen atoms in total. The highest BCUT2D eigenvalue weighted by Gasteiger charge is 2.22. The molecule has 0 spiro atoms. The molecule has 284 valence electrons. The van der Waals surface area contributed by atoms with Crippen LogP contribution in [0.5, 0.6) is 0 Å². The Morgan fingerprint density at radius 3 is 1.74 bits per heavy atom. The predicted octanol–water partition coefficient (Wildman–Crippen LogP) is 16.9. The molecule has 0 aliphatic rings. The van der Waals surface area contributed by atoms with Crippen molar-refractivity contribution in [2.75, 3.05) is 4.90 Å². The van der Waals surface area contributed by atoms with Gasteiger partial charge in [0.2, 0.25) is 0 Å². The molecule has 0 fully saturated rings. The molecule has 0 unspecified atom stereocenters. The summed E-state index contributed by atoms with van der Waals surface area (Å²) in [5.41, 5.74) is 11.9. The lowest BCUT2D eigenvalue weighted by atomic mass is 9.88. The van der Waals surface area contributed by atoms with Gasteiger partial charge >= 0.3 is 0 Å². The van der Waals surface area contributed by atoms with Crippen LogP contribution in [-0.4, -0.2) is 4.57 Å².